The zero-order chi connectivity index (χ0) is 22.2. The fraction of sp³-hybridized carbons (Fsp3) is 0.273. The lowest BCUT2D eigenvalue weighted by molar-refractivity contribution is 0.0674. The van der Waals surface area contributed by atoms with Gasteiger partial charge in [0.2, 0.25) is 0 Å². The van der Waals surface area contributed by atoms with Gasteiger partial charge in [-0.05, 0) is 48.7 Å². The average Bonchev–Trinajstić information content (AvgIpc) is 3.34. The van der Waals surface area contributed by atoms with E-state index in [4.69, 9.17) is 0 Å². The molecule has 0 radical (unpaired) electrons. The molecule has 2 N–H and O–H groups in total. The first-order chi connectivity index (χ1) is 14.7. The molecule has 0 bridgehead atoms. The first kappa shape index (κ1) is 21.6. The van der Waals surface area contributed by atoms with Crippen LogP contribution in [0, 0.1) is 6.92 Å². The molecule has 1 atom stereocenters. The lowest BCUT2D eigenvalue weighted by Gasteiger charge is -2.28. The molecule has 1 aliphatic rings. The fourth-order valence-corrected chi connectivity index (χ4v) is 5.99. The number of nitrogens with zero attached hydrogens (tertiary/aromatic N) is 2. The first-order valence-corrected chi connectivity index (χ1v) is 12.4. The molecule has 1 saturated heterocycles. The van der Waals surface area contributed by atoms with E-state index in [1.165, 1.54) is 0 Å². The Balaban J connectivity index is 1.66. The van der Waals surface area contributed by atoms with Crippen molar-refractivity contribution >= 4 is 31.7 Å². The summed E-state index contributed by atoms with van der Waals surface area (Å²) in [7, 11) is -3.17. The van der Waals surface area contributed by atoms with E-state index in [0.29, 0.717) is 23.2 Å². The molecule has 9 heteroatoms. The smallest absolute Gasteiger partial charge is 0.272 e. The number of nitrogens with one attached hydrogen (secondary N) is 1. The number of amides is 1. The Bertz CT molecular complexity index is 1240. The number of hydrogen-bond donors (Lipinski definition) is 2. The average molecular weight is 504 g/mol. The lowest BCUT2D eigenvalue weighted by Crippen LogP contribution is -2.40. The molecule has 1 aliphatic heterocycles. The molecule has 1 unspecified atom stereocenters. The van der Waals surface area contributed by atoms with Gasteiger partial charge in [0.25, 0.3) is 5.91 Å². The van der Waals surface area contributed by atoms with Gasteiger partial charge in [0.1, 0.15) is 11.4 Å². The van der Waals surface area contributed by atoms with E-state index >= 15 is 0 Å². The number of sulfone groups is 1. The number of aryl methyl sites for hydroxylation is 1. The maximum atomic E-state index is 13.4. The summed E-state index contributed by atoms with van der Waals surface area (Å²) < 4.78 is 25.0. The minimum Gasteiger partial charge on any atom is -0.507 e. The number of H-pyrrole nitrogens is 1. The number of aromatic nitrogens is 2. The summed E-state index contributed by atoms with van der Waals surface area (Å²) in [6.45, 7) is 2.07. The minimum atomic E-state index is -3.17. The van der Waals surface area contributed by atoms with Crippen molar-refractivity contribution in [3.63, 3.8) is 0 Å². The molecular weight excluding hydrogens is 482 g/mol. The van der Waals surface area contributed by atoms with Crippen molar-refractivity contribution < 1.29 is 18.3 Å². The van der Waals surface area contributed by atoms with Gasteiger partial charge in [-0.3, -0.25) is 9.89 Å². The molecule has 0 aliphatic carbocycles. The number of phenolic OH excluding ortho intramolecular Hbond substituents is 1. The molecule has 162 valence electrons. The highest BCUT2D eigenvalue weighted by Crippen LogP contribution is 2.31. The second-order valence-electron chi connectivity index (χ2n) is 7.76. The summed E-state index contributed by atoms with van der Waals surface area (Å²) in [5, 5.41) is 17.3. The van der Waals surface area contributed by atoms with Crippen LogP contribution < -0.4 is 0 Å². The van der Waals surface area contributed by atoms with Gasteiger partial charge < -0.3 is 10.0 Å². The zero-order valence-corrected chi connectivity index (χ0v) is 19.3. The molecule has 0 spiro atoms. The second-order valence-corrected chi connectivity index (χ2v) is 10.9. The zero-order valence-electron chi connectivity index (χ0n) is 16.9. The Morgan fingerprint density at radius 3 is 2.74 bits per heavy atom. The summed E-state index contributed by atoms with van der Waals surface area (Å²) in [5.74, 6) is -0.189. The van der Waals surface area contributed by atoms with Crippen molar-refractivity contribution in [2.75, 3.05) is 11.5 Å². The van der Waals surface area contributed by atoms with Crippen LogP contribution in [0.3, 0.4) is 0 Å². The van der Waals surface area contributed by atoms with Crippen LogP contribution in [0.4, 0.5) is 0 Å². The maximum Gasteiger partial charge on any atom is 0.272 e. The van der Waals surface area contributed by atoms with E-state index in [-0.39, 0.29) is 35.4 Å². The van der Waals surface area contributed by atoms with Crippen LogP contribution in [-0.4, -0.2) is 52.1 Å². The monoisotopic (exact) mass is 503 g/mol. The van der Waals surface area contributed by atoms with Gasteiger partial charge in [0.15, 0.2) is 9.84 Å². The van der Waals surface area contributed by atoms with Crippen LogP contribution in [0.25, 0.3) is 11.3 Å². The predicted molar refractivity (Wildman–Crippen MR) is 121 cm³/mol. The molecule has 3 aromatic rings. The summed E-state index contributed by atoms with van der Waals surface area (Å²) in [6.07, 6.45) is 0.405. The number of hydrogen-bond acceptors (Lipinski definition) is 5. The quantitative estimate of drug-likeness (QED) is 0.552. The number of aromatic amines is 1. The molecule has 2 aromatic carbocycles. The number of phenols is 1. The summed E-state index contributed by atoms with van der Waals surface area (Å²) in [4.78, 5) is 15.0. The number of para-hydroxylation sites is 1. The number of aromatic hydroxyl groups is 1. The van der Waals surface area contributed by atoms with Gasteiger partial charge in [0.05, 0.1) is 17.2 Å². The normalized spacial score (nSPS) is 17.5. The third-order valence-electron chi connectivity index (χ3n) is 5.47. The molecule has 31 heavy (non-hydrogen) atoms. The number of carbonyl (C=O) groups is 1. The van der Waals surface area contributed by atoms with Gasteiger partial charge in [-0.15, -0.1) is 0 Å². The van der Waals surface area contributed by atoms with Crippen molar-refractivity contribution in [3.05, 3.63) is 69.8 Å². The highest BCUT2D eigenvalue weighted by molar-refractivity contribution is 9.10. The number of benzene rings is 2. The van der Waals surface area contributed by atoms with E-state index in [1.54, 1.807) is 30.0 Å². The van der Waals surface area contributed by atoms with E-state index in [2.05, 4.69) is 26.1 Å². The summed E-state index contributed by atoms with van der Waals surface area (Å²) >= 11 is 3.44. The molecule has 4 rings (SSSR count). The molecule has 1 amide bonds. The van der Waals surface area contributed by atoms with Crippen molar-refractivity contribution in [2.24, 2.45) is 0 Å². The van der Waals surface area contributed by atoms with Gasteiger partial charge >= 0.3 is 0 Å². The van der Waals surface area contributed by atoms with Crippen LogP contribution in [0.1, 0.15) is 28.0 Å². The van der Waals surface area contributed by atoms with Crippen LogP contribution in [0.15, 0.2) is 53.0 Å². The summed E-state index contributed by atoms with van der Waals surface area (Å²) in [6, 6.07) is 14.1. The topological polar surface area (TPSA) is 103 Å². The molecule has 7 nitrogen and oxygen atoms in total. The Morgan fingerprint density at radius 1 is 1.26 bits per heavy atom. The number of carbonyl (C=O) groups excluding carboxylic acids is 1. The van der Waals surface area contributed by atoms with Crippen LogP contribution >= 0.6 is 15.9 Å². The second kappa shape index (κ2) is 8.47. The van der Waals surface area contributed by atoms with Crippen LogP contribution in [0.5, 0.6) is 5.75 Å². The van der Waals surface area contributed by atoms with Crippen LogP contribution in [0.2, 0.25) is 0 Å². The predicted octanol–water partition coefficient (Wildman–Crippen LogP) is 3.68. The van der Waals surface area contributed by atoms with Crippen LogP contribution in [-0.2, 0) is 16.4 Å². The number of halogens is 1. The Hall–Kier alpha value is -2.65. The van der Waals surface area contributed by atoms with Gasteiger partial charge in [0, 0.05) is 22.6 Å². The van der Waals surface area contributed by atoms with Gasteiger partial charge in [-0.1, -0.05) is 40.2 Å². The first-order valence-electron chi connectivity index (χ1n) is 9.84. The molecule has 1 aromatic heterocycles. The van der Waals surface area contributed by atoms with Gasteiger partial charge in [-0.25, -0.2) is 8.42 Å². The van der Waals surface area contributed by atoms with Crippen molar-refractivity contribution in [2.45, 2.75) is 25.9 Å². The third kappa shape index (κ3) is 4.67. The molecule has 2 heterocycles. The lowest BCUT2D eigenvalue weighted by atomic mass is 10.1. The number of rotatable bonds is 5. The minimum absolute atomic E-state index is 0.0492. The maximum absolute atomic E-state index is 13.4. The van der Waals surface area contributed by atoms with Crippen molar-refractivity contribution in [1.29, 1.82) is 0 Å². The van der Waals surface area contributed by atoms with E-state index in [9.17, 15) is 18.3 Å². The molecular formula is C22H22BrN3O4S. The Morgan fingerprint density at radius 2 is 2.03 bits per heavy atom. The Kier molecular flexibility index (Phi) is 5.90. The molecule has 1 fully saturated rings. The Labute approximate surface area is 189 Å². The highest BCUT2D eigenvalue weighted by atomic mass is 79.9. The summed E-state index contributed by atoms with van der Waals surface area (Å²) in [5.41, 5.74) is 2.82. The van der Waals surface area contributed by atoms with Crippen molar-refractivity contribution in [1.82, 2.24) is 15.1 Å². The third-order valence-corrected chi connectivity index (χ3v) is 7.72. The SMILES string of the molecule is Cc1cccc(-c2cc(C(=O)N(Cc3cccc(Br)c3)C3CCS(=O)(=O)C3)[nH]n2)c1O. The van der Waals surface area contributed by atoms with E-state index in [1.807, 2.05) is 30.3 Å². The largest absolute Gasteiger partial charge is 0.507 e. The highest BCUT2D eigenvalue weighted by Gasteiger charge is 2.35. The van der Waals surface area contributed by atoms with E-state index in [0.717, 1.165) is 10.0 Å². The van der Waals surface area contributed by atoms with Crippen molar-refractivity contribution in [3.8, 4) is 17.0 Å². The van der Waals surface area contributed by atoms with E-state index < -0.39 is 15.9 Å². The fourth-order valence-electron chi connectivity index (χ4n) is 3.81. The standard InChI is InChI=1S/C22H22BrN3O4S/c1-14-4-2-7-18(21(14)27)19-11-20(25-24-19)22(28)26(17-8-9-31(29,30)13-17)12-15-5-3-6-16(23)10-15/h2-7,10-11,17,27H,8-9,12-13H2,1H3,(H,24,25). The van der Waals surface area contributed by atoms with Gasteiger partial charge in [-0.2, -0.15) is 5.10 Å². The molecule has 0 saturated carbocycles.